The minimum absolute atomic E-state index is 0.0244. The summed E-state index contributed by atoms with van der Waals surface area (Å²) >= 11 is 0. The monoisotopic (exact) mass is 805 g/mol. The number of aromatic nitrogens is 4. The fraction of sp³-hybridized carbons (Fsp3) is 0.213. The van der Waals surface area contributed by atoms with Crippen LogP contribution in [0.2, 0.25) is 0 Å². The summed E-state index contributed by atoms with van der Waals surface area (Å²) in [6.07, 6.45) is 2.03. The molecule has 60 heavy (non-hydrogen) atoms. The first kappa shape index (κ1) is 41.2. The van der Waals surface area contributed by atoms with Crippen molar-refractivity contribution in [2.24, 2.45) is 24.2 Å². The Morgan fingerprint density at radius 1 is 0.683 bits per heavy atom. The van der Waals surface area contributed by atoms with E-state index in [0.717, 1.165) is 21.1 Å². The van der Waals surface area contributed by atoms with Crippen LogP contribution in [0.3, 0.4) is 0 Å². The van der Waals surface area contributed by atoms with Crippen molar-refractivity contribution >= 4 is 28.7 Å². The van der Waals surface area contributed by atoms with E-state index in [1.54, 1.807) is 72.8 Å². The minimum Gasteiger partial charge on any atom is -0.480 e. The Hall–Kier alpha value is -6.93. The van der Waals surface area contributed by atoms with Crippen LogP contribution in [0.1, 0.15) is 69.8 Å². The number of carboxylic acids is 2. The minimum atomic E-state index is -1.53. The van der Waals surface area contributed by atoms with Crippen LogP contribution in [0, 0.1) is 0 Å². The molecule has 0 aliphatic heterocycles. The first-order valence-electron chi connectivity index (χ1n) is 19.6. The molecule has 7 rings (SSSR count). The molecule has 2 heterocycles. The Labute approximate surface area is 346 Å². The lowest BCUT2D eigenvalue weighted by atomic mass is 9.75. The maximum atomic E-state index is 14.8. The highest BCUT2D eigenvalue weighted by Gasteiger charge is 2.37. The Kier molecular flexibility index (Phi) is 11.8. The maximum Gasteiger partial charge on any atom is 0.358 e. The fourth-order valence-corrected chi connectivity index (χ4v) is 8.08. The van der Waals surface area contributed by atoms with Gasteiger partial charge in [-0.15, -0.1) is 9.78 Å². The average Bonchev–Trinajstić information content (AvgIpc) is 3.79. The number of nitrogens with two attached hydrogens (primary N) is 3. The van der Waals surface area contributed by atoms with Gasteiger partial charge in [0.25, 0.3) is 5.91 Å². The smallest absolute Gasteiger partial charge is 0.358 e. The summed E-state index contributed by atoms with van der Waals surface area (Å²) in [6.45, 7) is 3.88. The number of carbonyl (C=O) groups is 3. The molecule has 0 fully saturated rings. The van der Waals surface area contributed by atoms with E-state index in [0.29, 0.717) is 39.1 Å². The number of hydrogen-bond acceptors (Lipinski definition) is 8. The Bertz CT molecular complexity index is 2740. The van der Waals surface area contributed by atoms with E-state index in [2.05, 4.69) is 0 Å². The van der Waals surface area contributed by atoms with E-state index in [-0.39, 0.29) is 18.2 Å². The third kappa shape index (κ3) is 7.93. The number of hydrogen-bond donors (Lipinski definition) is 5. The zero-order chi connectivity index (χ0) is 42.8. The normalized spacial score (nSPS) is 14.1. The molecule has 0 aliphatic carbocycles. The van der Waals surface area contributed by atoms with Crippen molar-refractivity contribution in [3.63, 3.8) is 0 Å². The van der Waals surface area contributed by atoms with Crippen LogP contribution >= 0.6 is 0 Å². The van der Waals surface area contributed by atoms with Crippen molar-refractivity contribution in [3.8, 4) is 17.1 Å². The van der Waals surface area contributed by atoms with E-state index in [9.17, 15) is 29.4 Å². The van der Waals surface area contributed by atoms with Crippen LogP contribution in [0.5, 0.6) is 0 Å². The van der Waals surface area contributed by atoms with Gasteiger partial charge in [0, 0.05) is 41.5 Å². The van der Waals surface area contributed by atoms with Crippen molar-refractivity contribution in [3.05, 3.63) is 177 Å². The van der Waals surface area contributed by atoms with Crippen molar-refractivity contribution in [1.29, 1.82) is 0 Å². The van der Waals surface area contributed by atoms with Crippen LogP contribution in [-0.2, 0) is 23.1 Å². The van der Waals surface area contributed by atoms with Crippen LogP contribution in [0.25, 0.3) is 28.0 Å². The molecule has 7 aromatic rings. The van der Waals surface area contributed by atoms with E-state index >= 15 is 0 Å². The Morgan fingerprint density at radius 3 is 1.78 bits per heavy atom. The standard InChI is InChI=1S/C47H47N7O6/c1-27(2)33-25-36(35(40(42(50)46(58)59)30-17-11-6-12-18-30)26-34(33)39(41(49)45(56)57)29-15-9-5-10-16-29)43-51-54(44(55)37(48)23-28-13-7-4-8-14-28)47(60)53(43)32-19-20-38-31(24-32)21-22-52(38)3/h4-22,24-27,37,39-42H,23,48-50H2,1-3H3,(H,56,57)(H,58,59). The summed E-state index contributed by atoms with van der Waals surface area (Å²) in [6, 6.07) is 33.8. The molecule has 0 saturated heterocycles. The molecular formula is C47H47N7O6. The first-order chi connectivity index (χ1) is 28.8. The van der Waals surface area contributed by atoms with Gasteiger partial charge >= 0.3 is 17.6 Å². The van der Waals surface area contributed by atoms with E-state index in [4.69, 9.17) is 22.3 Å². The van der Waals surface area contributed by atoms with Gasteiger partial charge < -0.3 is 32.0 Å². The lowest BCUT2D eigenvalue weighted by Crippen LogP contribution is -2.42. The number of fused-ring (bicyclic) bond motifs is 1. The maximum absolute atomic E-state index is 14.8. The first-order valence-corrected chi connectivity index (χ1v) is 19.6. The van der Waals surface area contributed by atoms with Gasteiger partial charge in [0.15, 0.2) is 5.82 Å². The number of nitrogens with zero attached hydrogens (tertiary/aromatic N) is 4. The van der Waals surface area contributed by atoms with Gasteiger partial charge in [0.1, 0.15) is 12.1 Å². The van der Waals surface area contributed by atoms with Crippen molar-refractivity contribution in [2.45, 2.75) is 56.1 Å². The van der Waals surface area contributed by atoms with Gasteiger partial charge in [-0.25, -0.2) is 9.36 Å². The highest BCUT2D eigenvalue weighted by molar-refractivity contribution is 5.86. The van der Waals surface area contributed by atoms with Crippen LogP contribution in [0.4, 0.5) is 0 Å². The largest absolute Gasteiger partial charge is 0.480 e. The fourth-order valence-electron chi connectivity index (χ4n) is 8.08. The van der Waals surface area contributed by atoms with E-state index < -0.39 is 53.5 Å². The number of benzene rings is 5. The third-order valence-corrected chi connectivity index (χ3v) is 11.1. The molecule has 0 bridgehead atoms. The molecular weight excluding hydrogens is 759 g/mol. The van der Waals surface area contributed by atoms with Gasteiger partial charge in [0.05, 0.1) is 11.7 Å². The van der Waals surface area contributed by atoms with Gasteiger partial charge in [0.2, 0.25) is 0 Å². The molecule has 0 radical (unpaired) electrons. The highest BCUT2D eigenvalue weighted by Crippen LogP contribution is 2.43. The molecule has 0 saturated carbocycles. The number of carboxylic acid groups (broad SMARTS) is 2. The zero-order valence-electron chi connectivity index (χ0n) is 33.4. The predicted octanol–water partition coefficient (Wildman–Crippen LogP) is 5.61. The molecule has 306 valence electrons. The Morgan fingerprint density at radius 2 is 1.23 bits per heavy atom. The molecule has 0 aliphatic rings. The molecule has 5 unspecified atom stereocenters. The van der Waals surface area contributed by atoms with Crippen LogP contribution < -0.4 is 22.9 Å². The second-order valence-electron chi connectivity index (χ2n) is 15.4. The summed E-state index contributed by atoms with van der Waals surface area (Å²) in [5.74, 6) is -5.48. The quantitative estimate of drug-likeness (QED) is 0.0916. The second kappa shape index (κ2) is 17.1. The average molecular weight is 806 g/mol. The second-order valence-corrected chi connectivity index (χ2v) is 15.4. The van der Waals surface area contributed by atoms with E-state index in [1.807, 2.05) is 86.3 Å². The summed E-state index contributed by atoms with van der Waals surface area (Å²) in [7, 11) is 1.90. The number of aryl methyl sites for hydroxylation is 1. The molecule has 8 N–H and O–H groups in total. The summed E-state index contributed by atoms with van der Waals surface area (Å²) in [4.78, 5) is 54.8. The van der Waals surface area contributed by atoms with Crippen LogP contribution in [-0.4, -0.2) is 65.1 Å². The van der Waals surface area contributed by atoms with Gasteiger partial charge in [-0.3, -0.25) is 14.4 Å². The third-order valence-electron chi connectivity index (χ3n) is 11.1. The van der Waals surface area contributed by atoms with Crippen molar-refractivity contribution < 1.29 is 24.6 Å². The predicted molar refractivity (Wildman–Crippen MR) is 230 cm³/mol. The summed E-state index contributed by atoms with van der Waals surface area (Å²) in [5.41, 5.74) is 24.0. The SMILES string of the molecule is CC(C)c1cc(-c2nn(C(=O)C(N)Cc3ccccc3)c(=O)n2-c2ccc3c(ccn3C)c2)c(C(c2ccccc2)C(N)C(=O)O)cc1C(c1ccccc1)C(N)C(=O)O. The highest BCUT2D eigenvalue weighted by atomic mass is 16.4. The van der Waals surface area contributed by atoms with Gasteiger partial charge in [-0.2, -0.15) is 0 Å². The van der Waals surface area contributed by atoms with Crippen molar-refractivity contribution in [2.75, 3.05) is 0 Å². The summed E-state index contributed by atoms with van der Waals surface area (Å²) in [5, 5.41) is 26.6. The lowest BCUT2D eigenvalue weighted by molar-refractivity contribution is -0.139. The Balaban J connectivity index is 1.58. The molecule has 2 aromatic heterocycles. The number of aliphatic carboxylic acids is 2. The lowest BCUT2D eigenvalue weighted by Gasteiger charge is -2.30. The van der Waals surface area contributed by atoms with Gasteiger partial charge in [-0.1, -0.05) is 111 Å². The van der Waals surface area contributed by atoms with E-state index in [1.165, 1.54) is 4.57 Å². The molecule has 0 amide bonds. The number of carbonyl (C=O) groups excluding carboxylic acids is 1. The number of rotatable bonds is 14. The molecule has 5 atom stereocenters. The van der Waals surface area contributed by atoms with Crippen LogP contribution in [0.15, 0.2) is 138 Å². The van der Waals surface area contributed by atoms with Gasteiger partial charge in [-0.05, 0) is 76.1 Å². The van der Waals surface area contributed by atoms with Crippen molar-refractivity contribution in [1.82, 2.24) is 18.9 Å². The zero-order valence-corrected chi connectivity index (χ0v) is 33.4. The summed E-state index contributed by atoms with van der Waals surface area (Å²) < 4.78 is 4.04. The topological polar surface area (TPSA) is 214 Å². The molecule has 13 nitrogen and oxygen atoms in total. The molecule has 5 aromatic carbocycles. The molecule has 0 spiro atoms. The molecule has 13 heteroatoms.